The van der Waals surface area contributed by atoms with Gasteiger partial charge in [-0.15, -0.1) is 0 Å². The van der Waals surface area contributed by atoms with Gasteiger partial charge in [-0.05, 0) is 26.0 Å². The van der Waals surface area contributed by atoms with Crippen LogP contribution in [0.15, 0.2) is 59.8 Å². The van der Waals surface area contributed by atoms with Crippen molar-refractivity contribution < 1.29 is 19.1 Å². The Labute approximate surface area is 162 Å². The number of Topliss-reactive ketones (excluding diaryl/α,β-unsaturated/α-hetero) is 2. The SMILES string of the molecule is CCOC(=O)C(C#N)C1=C(Nc2ccc(C)cc2)C(=O)c2ccccc2C1=O. The molecule has 2 aromatic carbocycles. The Morgan fingerprint density at radius 3 is 2.25 bits per heavy atom. The van der Waals surface area contributed by atoms with Crippen molar-refractivity contribution in [1.29, 1.82) is 5.26 Å². The van der Waals surface area contributed by atoms with E-state index in [1.54, 1.807) is 37.3 Å². The molecule has 0 heterocycles. The summed E-state index contributed by atoms with van der Waals surface area (Å²) in [6.45, 7) is 3.59. The fraction of sp³-hybridized carbons (Fsp3) is 0.182. The monoisotopic (exact) mass is 374 g/mol. The number of carbonyl (C=O) groups is 3. The van der Waals surface area contributed by atoms with Gasteiger partial charge in [0.05, 0.1) is 23.9 Å². The summed E-state index contributed by atoms with van der Waals surface area (Å²) in [5, 5.41) is 12.5. The molecule has 140 valence electrons. The van der Waals surface area contributed by atoms with Crippen LogP contribution in [-0.4, -0.2) is 24.1 Å². The molecule has 6 nitrogen and oxygen atoms in total. The number of ketones is 2. The highest BCUT2D eigenvalue weighted by molar-refractivity contribution is 6.29. The molecular formula is C22H18N2O4. The number of hydrogen-bond donors (Lipinski definition) is 1. The van der Waals surface area contributed by atoms with Crippen LogP contribution in [0.5, 0.6) is 0 Å². The molecule has 0 aromatic heterocycles. The molecule has 0 aliphatic heterocycles. The lowest BCUT2D eigenvalue weighted by Crippen LogP contribution is -2.32. The number of allylic oxidation sites excluding steroid dienone is 1. The number of fused-ring (bicyclic) bond motifs is 1. The zero-order valence-electron chi connectivity index (χ0n) is 15.5. The van der Waals surface area contributed by atoms with Crippen LogP contribution < -0.4 is 5.32 Å². The minimum Gasteiger partial charge on any atom is -0.465 e. The molecule has 1 atom stereocenters. The topological polar surface area (TPSA) is 96.3 Å². The van der Waals surface area contributed by atoms with E-state index in [1.165, 1.54) is 6.07 Å². The number of aryl methyl sites for hydroxylation is 1. The van der Waals surface area contributed by atoms with Crippen molar-refractivity contribution >= 4 is 23.2 Å². The Morgan fingerprint density at radius 1 is 1.07 bits per heavy atom. The number of anilines is 1. The molecule has 0 radical (unpaired) electrons. The Bertz CT molecular complexity index is 1030. The average Bonchev–Trinajstić information content (AvgIpc) is 2.70. The largest absolute Gasteiger partial charge is 0.465 e. The Balaban J connectivity index is 2.17. The summed E-state index contributed by atoms with van der Waals surface area (Å²) in [7, 11) is 0. The lowest BCUT2D eigenvalue weighted by Gasteiger charge is -2.24. The minimum absolute atomic E-state index is 0.0593. The highest BCUT2D eigenvalue weighted by atomic mass is 16.5. The second-order valence-corrected chi connectivity index (χ2v) is 6.30. The van der Waals surface area contributed by atoms with Gasteiger partial charge in [-0.3, -0.25) is 14.4 Å². The first kappa shape index (κ1) is 19.1. The first-order chi connectivity index (χ1) is 13.5. The molecule has 3 rings (SSSR count). The second-order valence-electron chi connectivity index (χ2n) is 6.30. The average molecular weight is 374 g/mol. The molecule has 0 amide bonds. The number of benzene rings is 2. The molecule has 28 heavy (non-hydrogen) atoms. The molecule has 0 spiro atoms. The standard InChI is InChI=1S/C22H18N2O4/c1-3-28-22(27)17(12-23)18-19(24-14-10-8-13(2)9-11-14)21(26)16-7-5-4-6-15(16)20(18)25/h4-11,17,24H,3H2,1-2H3. The summed E-state index contributed by atoms with van der Waals surface area (Å²) in [4.78, 5) is 38.5. The quantitative estimate of drug-likeness (QED) is 0.806. The van der Waals surface area contributed by atoms with Gasteiger partial charge in [-0.1, -0.05) is 42.0 Å². The summed E-state index contributed by atoms with van der Waals surface area (Å²) < 4.78 is 4.95. The predicted molar refractivity (Wildman–Crippen MR) is 103 cm³/mol. The number of rotatable bonds is 5. The van der Waals surface area contributed by atoms with E-state index in [9.17, 15) is 19.6 Å². The number of nitrogens with zero attached hydrogens (tertiary/aromatic N) is 1. The number of esters is 1. The van der Waals surface area contributed by atoms with Gasteiger partial charge in [0.15, 0.2) is 11.7 Å². The number of hydrogen-bond acceptors (Lipinski definition) is 6. The fourth-order valence-corrected chi connectivity index (χ4v) is 3.04. The van der Waals surface area contributed by atoms with Gasteiger partial charge in [0, 0.05) is 16.8 Å². The first-order valence-corrected chi connectivity index (χ1v) is 8.80. The van der Waals surface area contributed by atoms with Gasteiger partial charge in [-0.25, -0.2) is 0 Å². The summed E-state index contributed by atoms with van der Waals surface area (Å²) >= 11 is 0. The highest BCUT2D eigenvalue weighted by Gasteiger charge is 2.39. The Kier molecular flexibility index (Phi) is 5.37. The van der Waals surface area contributed by atoms with E-state index >= 15 is 0 Å². The van der Waals surface area contributed by atoms with Crippen molar-refractivity contribution in [2.75, 3.05) is 11.9 Å². The number of nitriles is 1. The highest BCUT2D eigenvalue weighted by Crippen LogP contribution is 2.32. The maximum atomic E-state index is 13.1. The van der Waals surface area contributed by atoms with E-state index < -0.39 is 23.5 Å². The fourth-order valence-electron chi connectivity index (χ4n) is 3.04. The molecule has 1 aliphatic rings. The second kappa shape index (κ2) is 7.89. The Hall–Kier alpha value is -3.72. The molecule has 1 aliphatic carbocycles. The molecule has 0 saturated carbocycles. The van der Waals surface area contributed by atoms with E-state index in [1.807, 2.05) is 25.1 Å². The van der Waals surface area contributed by atoms with Crippen LogP contribution in [0, 0.1) is 24.2 Å². The molecular weight excluding hydrogens is 356 g/mol. The third-order valence-electron chi connectivity index (χ3n) is 4.42. The van der Waals surface area contributed by atoms with Crippen molar-refractivity contribution in [1.82, 2.24) is 0 Å². The van der Waals surface area contributed by atoms with Crippen LogP contribution in [-0.2, 0) is 9.53 Å². The normalized spacial score (nSPS) is 14.2. The number of carbonyl (C=O) groups excluding carboxylic acids is 3. The van der Waals surface area contributed by atoms with E-state index in [4.69, 9.17) is 4.74 Å². The van der Waals surface area contributed by atoms with Crippen LogP contribution in [0.4, 0.5) is 5.69 Å². The predicted octanol–water partition coefficient (Wildman–Crippen LogP) is 3.44. The summed E-state index contributed by atoms with van der Waals surface area (Å²) in [6, 6.07) is 15.4. The van der Waals surface area contributed by atoms with E-state index in [0.29, 0.717) is 5.69 Å². The zero-order chi connectivity index (χ0) is 20.3. The van der Waals surface area contributed by atoms with Crippen molar-refractivity contribution in [3.8, 4) is 6.07 Å². The number of nitrogens with one attached hydrogen (secondary N) is 1. The molecule has 0 fully saturated rings. The van der Waals surface area contributed by atoms with Gasteiger partial charge in [-0.2, -0.15) is 5.26 Å². The molecule has 2 aromatic rings. The molecule has 0 saturated heterocycles. The smallest absolute Gasteiger partial charge is 0.328 e. The summed E-state index contributed by atoms with van der Waals surface area (Å²) in [6.07, 6.45) is 0. The van der Waals surface area contributed by atoms with Crippen LogP contribution >= 0.6 is 0 Å². The maximum Gasteiger partial charge on any atom is 0.328 e. The van der Waals surface area contributed by atoms with E-state index in [0.717, 1.165) is 5.56 Å². The summed E-state index contributed by atoms with van der Waals surface area (Å²) in [5.41, 5.74) is 1.72. The van der Waals surface area contributed by atoms with Gasteiger partial charge in [0.2, 0.25) is 5.78 Å². The molecule has 0 bridgehead atoms. The zero-order valence-corrected chi connectivity index (χ0v) is 15.5. The van der Waals surface area contributed by atoms with Gasteiger partial charge in [0.1, 0.15) is 0 Å². The van der Waals surface area contributed by atoms with Gasteiger partial charge in [0.25, 0.3) is 0 Å². The lowest BCUT2D eigenvalue weighted by molar-refractivity contribution is -0.144. The number of ether oxygens (including phenoxy) is 1. The van der Waals surface area contributed by atoms with E-state index in [-0.39, 0.29) is 29.0 Å². The van der Waals surface area contributed by atoms with Crippen LogP contribution in [0.2, 0.25) is 0 Å². The van der Waals surface area contributed by atoms with Crippen LogP contribution in [0.3, 0.4) is 0 Å². The maximum absolute atomic E-state index is 13.1. The van der Waals surface area contributed by atoms with Crippen molar-refractivity contribution in [2.45, 2.75) is 13.8 Å². The Morgan fingerprint density at radius 2 is 1.68 bits per heavy atom. The third-order valence-corrected chi connectivity index (χ3v) is 4.42. The summed E-state index contributed by atoms with van der Waals surface area (Å²) in [5.74, 6) is -3.35. The van der Waals surface area contributed by atoms with Crippen molar-refractivity contribution in [2.24, 2.45) is 5.92 Å². The molecule has 1 unspecified atom stereocenters. The molecule has 6 heteroatoms. The van der Waals surface area contributed by atoms with Crippen LogP contribution in [0.1, 0.15) is 33.2 Å². The van der Waals surface area contributed by atoms with Gasteiger partial charge < -0.3 is 10.1 Å². The first-order valence-electron chi connectivity index (χ1n) is 8.80. The third kappa shape index (κ3) is 3.42. The molecule has 1 N–H and O–H groups in total. The van der Waals surface area contributed by atoms with Crippen molar-refractivity contribution in [3.63, 3.8) is 0 Å². The minimum atomic E-state index is -1.50. The van der Waals surface area contributed by atoms with Crippen LogP contribution in [0.25, 0.3) is 0 Å². The van der Waals surface area contributed by atoms with Gasteiger partial charge >= 0.3 is 5.97 Å². The van der Waals surface area contributed by atoms with Crippen molar-refractivity contribution in [3.05, 3.63) is 76.5 Å². The lowest BCUT2D eigenvalue weighted by atomic mass is 9.81. The van der Waals surface area contributed by atoms with E-state index in [2.05, 4.69) is 5.32 Å².